The summed E-state index contributed by atoms with van der Waals surface area (Å²) < 4.78 is 0. The zero-order chi connectivity index (χ0) is 8.39. The molecule has 1 heterocycles. The summed E-state index contributed by atoms with van der Waals surface area (Å²) in [6, 6.07) is 6.64. The summed E-state index contributed by atoms with van der Waals surface area (Å²) in [5.41, 5.74) is 1.43. The largest absolute Gasteiger partial charge is 0.366 e. The monoisotopic (exact) mass is 159 g/mol. The lowest BCUT2D eigenvalue weighted by molar-refractivity contribution is 0.924. The van der Waals surface area contributed by atoms with Crippen molar-refractivity contribution in [3.05, 3.63) is 36.2 Å². The first-order valence-corrected chi connectivity index (χ1v) is 4.45. The molecule has 1 heteroatoms. The van der Waals surface area contributed by atoms with Crippen LogP contribution in [-0.2, 0) is 6.42 Å². The van der Waals surface area contributed by atoms with E-state index in [4.69, 9.17) is 0 Å². The summed E-state index contributed by atoms with van der Waals surface area (Å²) in [5, 5.41) is 2.62. The summed E-state index contributed by atoms with van der Waals surface area (Å²) >= 11 is 0. The van der Waals surface area contributed by atoms with Crippen molar-refractivity contribution in [3.8, 4) is 0 Å². The van der Waals surface area contributed by atoms with Crippen LogP contribution in [0.4, 0.5) is 0 Å². The van der Waals surface area contributed by atoms with Crippen LogP contribution in [0.15, 0.2) is 30.6 Å². The van der Waals surface area contributed by atoms with Gasteiger partial charge in [-0.2, -0.15) is 0 Å². The van der Waals surface area contributed by atoms with Gasteiger partial charge in [-0.05, 0) is 28.8 Å². The number of aryl methyl sites for hydroxylation is 1. The molecule has 0 saturated heterocycles. The molecule has 0 radical (unpaired) electrons. The van der Waals surface area contributed by atoms with Crippen LogP contribution in [0.2, 0.25) is 0 Å². The molecule has 0 aliphatic carbocycles. The predicted octanol–water partition coefficient (Wildman–Crippen LogP) is 3.12. The van der Waals surface area contributed by atoms with E-state index in [2.05, 4.69) is 36.3 Å². The highest BCUT2D eigenvalue weighted by atomic mass is 14.6. The van der Waals surface area contributed by atoms with Crippen molar-refractivity contribution in [2.24, 2.45) is 0 Å². The molecule has 12 heavy (non-hydrogen) atoms. The van der Waals surface area contributed by atoms with E-state index in [1.807, 2.05) is 6.20 Å². The SMILES string of the molecule is CCCc1ccc2c[nH]cc2c1. The minimum absolute atomic E-state index is 1.18. The Labute approximate surface area is 72.4 Å². The molecule has 1 aromatic carbocycles. The molecule has 0 aliphatic rings. The van der Waals surface area contributed by atoms with Gasteiger partial charge in [0.2, 0.25) is 0 Å². The van der Waals surface area contributed by atoms with E-state index in [9.17, 15) is 0 Å². The number of H-pyrrole nitrogens is 1. The lowest BCUT2D eigenvalue weighted by atomic mass is 10.1. The van der Waals surface area contributed by atoms with Crippen molar-refractivity contribution in [1.29, 1.82) is 0 Å². The van der Waals surface area contributed by atoms with E-state index in [1.54, 1.807) is 0 Å². The Morgan fingerprint density at radius 3 is 2.83 bits per heavy atom. The third-order valence-electron chi connectivity index (χ3n) is 2.17. The van der Waals surface area contributed by atoms with Crippen LogP contribution in [0.25, 0.3) is 10.8 Å². The third kappa shape index (κ3) is 1.22. The summed E-state index contributed by atoms with van der Waals surface area (Å²) in [5.74, 6) is 0. The second-order valence-electron chi connectivity index (χ2n) is 3.17. The van der Waals surface area contributed by atoms with Gasteiger partial charge in [-0.15, -0.1) is 0 Å². The van der Waals surface area contributed by atoms with E-state index < -0.39 is 0 Å². The minimum Gasteiger partial charge on any atom is -0.366 e. The first-order chi connectivity index (χ1) is 5.90. The zero-order valence-electron chi connectivity index (χ0n) is 7.30. The van der Waals surface area contributed by atoms with Crippen molar-refractivity contribution in [1.82, 2.24) is 4.98 Å². The molecule has 0 fully saturated rings. The summed E-state index contributed by atoms with van der Waals surface area (Å²) in [6.45, 7) is 2.21. The van der Waals surface area contributed by atoms with Gasteiger partial charge in [0.1, 0.15) is 0 Å². The lowest BCUT2D eigenvalue weighted by Gasteiger charge is -1.97. The number of fused-ring (bicyclic) bond motifs is 1. The Balaban J connectivity index is 2.46. The number of benzene rings is 1. The fourth-order valence-corrected chi connectivity index (χ4v) is 1.55. The van der Waals surface area contributed by atoms with Gasteiger partial charge in [-0.3, -0.25) is 0 Å². The molecule has 1 N–H and O–H groups in total. The average molecular weight is 159 g/mol. The Bertz CT molecular complexity index is 373. The fraction of sp³-hybridized carbons (Fsp3) is 0.273. The Kier molecular flexibility index (Phi) is 1.86. The Hall–Kier alpha value is -1.24. The molecule has 2 rings (SSSR count). The third-order valence-corrected chi connectivity index (χ3v) is 2.17. The molecule has 0 amide bonds. The normalized spacial score (nSPS) is 10.8. The summed E-state index contributed by atoms with van der Waals surface area (Å²) in [4.78, 5) is 3.11. The quantitative estimate of drug-likeness (QED) is 0.693. The maximum Gasteiger partial charge on any atom is 0.00844 e. The maximum atomic E-state index is 3.11. The van der Waals surface area contributed by atoms with Crippen molar-refractivity contribution >= 4 is 10.8 Å². The van der Waals surface area contributed by atoms with Crippen molar-refractivity contribution in [2.45, 2.75) is 19.8 Å². The van der Waals surface area contributed by atoms with Gasteiger partial charge in [0.15, 0.2) is 0 Å². The van der Waals surface area contributed by atoms with Crippen LogP contribution in [0.1, 0.15) is 18.9 Å². The second kappa shape index (κ2) is 3.02. The fourth-order valence-electron chi connectivity index (χ4n) is 1.55. The summed E-state index contributed by atoms with van der Waals surface area (Å²) in [6.07, 6.45) is 6.48. The van der Waals surface area contributed by atoms with Gasteiger partial charge in [0.25, 0.3) is 0 Å². The molecule has 0 bridgehead atoms. The molecule has 1 aromatic heterocycles. The standard InChI is InChI=1S/C11H13N/c1-2-3-9-4-5-10-7-12-8-11(10)6-9/h4-8,12H,2-3H2,1H3. The van der Waals surface area contributed by atoms with Crippen LogP contribution >= 0.6 is 0 Å². The van der Waals surface area contributed by atoms with E-state index in [0.717, 1.165) is 0 Å². The summed E-state index contributed by atoms with van der Waals surface area (Å²) in [7, 11) is 0. The number of aromatic nitrogens is 1. The van der Waals surface area contributed by atoms with Gasteiger partial charge >= 0.3 is 0 Å². The van der Waals surface area contributed by atoms with Crippen molar-refractivity contribution in [3.63, 3.8) is 0 Å². The van der Waals surface area contributed by atoms with Gasteiger partial charge in [-0.1, -0.05) is 25.5 Å². The first kappa shape index (κ1) is 7.41. The number of rotatable bonds is 2. The van der Waals surface area contributed by atoms with E-state index in [0.29, 0.717) is 0 Å². The van der Waals surface area contributed by atoms with Crippen molar-refractivity contribution < 1.29 is 0 Å². The van der Waals surface area contributed by atoms with Crippen LogP contribution < -0.4 is 0 Å². The molecular weight excluding hydrogens is 146 g/mol. The highest BCUT2D eigenvalue weighted by Crippen LogP contribution is 2.15. The zero-order valence-corrected chi connectivity index (χ0v) is 7.30. The Morgan fingerprint density at radius 2 is 2.00 bits per heavy atom. The molecule has 0 saturated carbocycles. The minimum atomic E-state index is 1.18. The second-order valence-corrected chi connectivity index (χ2v) is 3.17. The molecule has 1 nitrogen and oxygen atoms in total. The van der Waals surface area contributed by atoms with Crippen LogP contribution in [0.3, 0.4) is 0 Å². The number of nitrogens with one attached hydrogen (secondary N) is 1. The van der Waals surface area contributed by atoms with Crippen LogP contribution in [0, 0.1) is 0 Å². The highest BCUT2D eigenvalue weighted by molar-refractivity contribution is 5.82. The van der Waals surface area contributed by atoms with Crippen LogP contribution in [-0.4, -0.2) is 4.98 Å². The van der Waals surface area contributed by atoms with Gasteiger partial charge in [-0.25, -0.2) is 0 Å². The van der Waals surface area contributed by atoms with E-state index >= 15 is 0 Å². The number of aromatic amines is 1. The molecule has 0 aliphatic heterocycles. The topological polar surface area (TPSA) is 15.8 Å². The van der Waals surface area contributed by atoms with E-state index in [-0.39, 0.29) is 0 Å². The predicted molar refractivity (Wildman–Crippen MR) is 52.3 cm³/mol. The van der Waals surface area contributed by atoms with Crippen LogP contribution in [0.5, 0.6) is 0 Å². The Morgan fingerprint density at radius 1 is 1.17 bits per heavy atom. The number of hydrogen-bond donors (Lipinski definition) is 1. The highest BCUT2D eigenvalue weighted by Gasteiger charge is 1.95. The van der Waals surface area contributed by atoms with Gasteiger partial charge < -0.3 is 4.98 Å². The molecule has 0 unspecified atom stereocenters. The lowest BCUT2D eigenvalue weighted by Crippen LogP contribution is -1.80. The molecule has 2 aromatic rings. The average Bonchev–Trinajstić information content (AvgIpc) is 2.51. The van der Waals surface area contributed by atoms with Gasteiger partial charge in [0.05, 0.1) is 0 Å². The molecular formula is C11H13N. The first-order valence-electron chi connectivity index (χ1n) is 4.45. The van der Waals surface area contributed by atoms with Gasteiger partial charge in [0, 0.05) is 12.4 Å². The molecule has 0 spiro atoms. The number of hydrogen-bond acceptors (Lipinski definition) is 0. The molecule has 0 atom stereocenters. The molecule has 62 valence electrons. The van der Waals surface area contributed by atoms with Crippen molar-refractivity contribution in [2.75, 3.05) is 0 Å². The smallest absolute Gasteiger partial charge is 0.00844 e. The van der Waals surface area contributed by atoms with E-state index in [1.165, 1.54) is 29.2 Å². The maximum absolute atomic E-state index is 3.11.